The van der Waals surface area contributed by atoms with E-state index in [4.69, 9.17) is 0 Å². The normalized spacial score (nSPS) is 10.9. The zero-order valence-corrected chi connectivity index (χ0v) is 19.2. The molecule has 1 N–H and O–H groups in total. The maximum Gasteiger partial charge on any atom is 0.205 e. The molecule has 0 aliphatic carbocycles. The van der Waals surface area contributed by atoms with Crippen molar-refractivity contribution in [3.63, 3.8) is 0 Å². The molecule has 0 aliphatic rings. The van der Waals surface area contributed by atoms with Crippen LogP contribution >= 0.6 is 15.9 Å². The topological polar surface area (TPSA) is 24.1 Å². The first-order valence-corrected chi connectivity index (χ1v) is 10.9. The highest BCUT2D eigenvalue weighted by Crippen LogP contribution is 2.13. The summed E-state index contributed by atoms with van der Waals surface area (Å²) in [5, 5.41) is 10.7. The number of aryl methyl sites for hydroxylation is 1. The average Bonchev–Trinajstić information content (AvgIpc) is 2.66. The Kier molecular flexibility index (Phi) is 13.2. The summed E-state index contributed by atoms with van der Waals surface area (Å²) >= 11 is 3.49. The number of pyridine rings is 1. The summed E-state index contributed by atoms with van der Waals surface area (Å²) in [4.78, 5) is 0. The van der Waals surface area contributed by atoms with E-state index in [0.717, 1.165) is 17.4 Å². The van der Waals surface area contributed by atoms with Gasteiger partial charge >= 0.3 is 0 Å². The van der Waals surface area contributed by atoms with Crippen LogP contribution in [0.4, 0.5) is 0 Å². The molecule has 1 heterocycles. The maximum absolute atomic E-state index is 9.57. The lowest BCUT2D eigenvalue weighted by Gasteiger charge is -2.02. The van der Waals surface area contributed by atoms with Crippen LogP contribution in [0.5, 0.6) is 5.75 Å². The van der Waals surface area contributed by atoms with E-state index in [1.54, 1.807) is 12.1 Å². The van der Waals surface area contributed by atoms with Gasteiger partial charge < -0.3 is 22.1 Å². The number of rotatable bonds is 12. The minimum Gasteiger partial charge on any atom is -1.00 e. The van der Waals surface area contributed by atoms with Crippen molar-refractivity contribution in [1.29, 1.82) is 0 Å². The van der Waals surface area contributed by atoms with Crippen molar-refractivity contribution in [2.24, 2.45) is 0 Å². The van der Waals surface area contributed by atoms with Crippen molar-refractivity contribution in [3.05, 3.63) is 59.9 Å². The second kappa shape index (κ2) is 14.9. The Labute approximate surface area is 183 Å². The molecule has 2 nitrogen and oxygen atoms in total. The molecular formula is C23H31Br2NO. The predicted octanol–water partition coefficient (Wildman–Crippen LogP) is 3.37. The summed E-state index contributed by atoms with van der Waals surface area (Å²) in [5.74, 6) is 0.306. The Morgan fingerprint density at radius 1 is 0.815 bits per heavy atom. The molecule has 4 heteroatoms. The van der Waals surface area contributed by atoms with E-state index in [1.165, 1.54) is 57.1 Å². The number of phenolic OH excluding ortho intramolecular Hbond substituents is 1. The smallest absolute Gasteiger partial charge is 0.205 e. The number of hydrogen-bond acceptors (Lipinski definition) is 1. The number of halogens is 2. The Morgan fingerprint density at radius 2 is 1.52 bits per heavy atom. The van der Waals surface area contributed by atoms with Gasteiger partial charge in [0.05, 0.1) is 0 Å². The van der Waals surface area contributed by atoms with Crippen LogP contribution in [0.15, 0.2) is 48.7 Å². The number of unbranched alkanes of at least 4 members (excludes halogenated alkanes) is 7. The molecule has 0 saturated heterocycles. The average molecular weight is 497 g/mol. The van der Waals surface area contributed by atoms with Crippen LogP contribution in [0.25, 0.3) is 12.2 Å². The number of aromatic nitrogens is 1. The highest BCUT2D eigenvalue weighted by Gasteiger charge is 2.06. The van der Waals surface area contributed by atoms with Gasteiger partial charge in [-0.15, -0.1) is 0 Å². The van der Waals surface area contributed by atoms with Crippen LogP contribution in [0.2, 0.25) is 0 Å². The van der Waals surface area contributed by atoms with Gasteiger partial charge in [-0.1, -0.05) is 60.2 Å². The van der Waals surface area contributed by atoms with Crippen LogP contribution in [0.1, 0.15) is 62.6 Å². The lowest BCUT2D eigenvalue weighted by atomic mass is 10.1. The molecule has 0 amide bonds. The first-order valence-electron chi connectivity index (χ1n) is 9.81. The molecule has 2 rings (SSSR count). The first-order chi connectivity index (χ1) is 12.8. The van der Waals surface area contributed by atoms with Gasteiger partial charge in [-0.3, -0.25) is 0 Å². The highest BCUT2D eigenvalue weighted by atomic mass is 79.9. The number of alkyl halides is 1. The van der Waals surface area contributed by atoms with Crippen LogP contribution in [0.3, 0.4) is 0 Å². The van der Waals surface area contributed by atoms with E-state index in [0.29, 0.717) is 5.75 Å². The number of phenols is 1. The SMILES string of the molecule is Oc1cccc(/C=C/c2cccc[n+]2CCCCCCCCCCBr)c1.[Br-]. The second-order valence-corrected chi connectivity index (χ2v) is 7.56. The largest absolute Gasteiger partial charge is 1.00 e. The highest BCUT2D eigenvalue weighted by molar-refractivity contribution is 9.09. The molecule has 0 saturated carbocycles. The molecular weight excluding hydrogens is 466 g/mol. The number of aromatic hydroxyl groups is 1. The van der Waals surface area contributed by atoms with Gasteiger partial charge in [0.1, 0.15) is 12.3 Å². The van der Waals surface area contributed by atoms with E-state index in [9.17, 15) is 5.11 Å². The van der Waals surface area contributed by atoms with Gasteiger partial charge in [0.25, 0.3) is 0 Å². The Bertz CT molecular complexity index is 673. The van der Waals surface area contributed by atoms with Crippen LogP contribution < -0.4 is 21.5 Å². The summed E-state index contributed by atoms with van der Waals surface area (Å²) in [5.41, 5.74) is 2.21. The third kappa shape index (κ3) is 10.1. The fourth-order valence-corrected chi connectivity index (χ4v) is 3.49. The van der Waals surface area contributed by atoms with Crippen molar-refractivity contribution in [2.45, 2.75) is 57.9 Å². The molecule has 1 aromatic carbocycles. The van der Waals surface area contributed by atoms with Crippen molar-refractivity contribution in [2.75, 3.05) is 5.33 Å². The fourth-order valence-electron chi connectivity index (χ4n) is 3.09. The van der Waals surface area contributed by atoms with Crippen LogP contribution in [0, 0.1) is 0 Å². The summed E-state index contributed by atoms with van der Waals surface area (Å²) < 4.78 is 2.31. The molecule has 0 aliphatic heterocycles. The maximum atomic E-state index is 9.57. The third-order valence-corrected chi connectivity index (χ3v) is 5.14. The third-order valence-electron chi connectivity index (χ3n) is 4.58. The molecule has 0 unspecified atom stereocenters. The van der Waals surface area contributed by atoms with Crippen molar-refractivity contribution in [1.82, 2.24) is 0 Å². The quantitative estimate of drug-likeness (QED) is 0.272. The molecule has 27 heavy (non-hydrogen) atoms. The number of hydrogen-bond donors (Lipinski definition) is 1. The van der Waals surface area contributed by atoms with E-state index in [1.807, 2.05) is 12.1 Å². The molecule has 1 aromatic heterocycles. The van der Waals surface area contributed by atoms with Crippen LogP contribution in [-0.2, 0) is 6.54 Å². The molecule has 2 aromatic rings. The Morgan fingerprint density at radius 3 is 2.22 bits per heavy atom. The lowest BCUT2D eigenvalue weighted by Crippen LogP contribution is -3.00. The van der Waals surface area contributed by atoms with Gasteiger partial charge in [0.15, 0.2) is 6.20 Å². The van der Waals surface area contributed by atoms with Gasteiger partial charge in [0.2, 0.25) is 5.69 Å². The van der Waals surface area contributed by atoms with Crippen LogP contribution in [-0.4, -0.2) is 10.4 Å². The molecule has 0 spiro atoms. The second-order valence-electron chi connectivity index (χ2n) is 6.76. The van der Waals surface area contributed by atoms with Crippen molar-refractivity contribution < 1.29 is 26.7 Å². The number of benzene rings is 1. The molecule has 0 fully saturated rings. The molecule has 0 atom stereocenters. The molecule has 148 valence electrons. The van der Waals surface area contributed by atoms with Crippen molar-refractivity contribution in [3.8, 4) is 5.75 Å². The van der Waals surface area contributed by atoms with Crippen molar-refractivity contribution >= 4 is 28.1 Å². The first kappa shape index (κ1) is 23.9. The van der Waals surface area contributed by atoms with E-state index >= 15 is 0 Å². The standard InChI is InChI=1S/C23H30BrNO.BrH/c24-17-8-5-3-1-2-4-6-9-18-25-19-10-7-13-22(25)16-15-21-12-11-14-23(26)20-21;/h7,10-16,19-20H,1-6,8-9,17-18H2;1H/b16-15+;. The Balaban J connectivity index is 0.00000364. The zero-order chi connectivity index (χ0) is 18.5. The van der Waals surface area contributed by atoms with E-state index in [2.05, 4.69) is 57.0 Å². The minimum atomic E-state index is 0. The van der Waals surface area contributed by atoms with Gasteiger partial charge in [-0.25, -0.2) is 0 Å². The number of nitrogens with zero attached hydrogens (tertiary/aromatic N) is 1. The zero-order valence-electron chi connectivity index (χ0n) is 16.0. The Hall–Kier alpha value is -1.13. The summed E-state index contributed by atoms with van der Waals surface area (Å²) in [7, 11) is 0. The fraction of sp³-hybridized carbons (Fsp3) is 0.435. The monoisotopic (exact) mass is 495 g/mol. The molecule has 0 bridgehead atoms. The van der Waals surface area contributed by atoms with E-state index < -0.39 is 0 Å². The molecule has 0 radical (unpaired) electrons. The minimum absolute atomic E-state index is 0. The van der Waals surface area contributed by atoms with Gasteiger partial charge in [-0.05, 0) is 42.7 Å². The van der Waals surface area contributed by atoms with Gasteiger partial charge in [0, 0.05) is 30.0 Å². The lowest BCUT2D eigenvalue weighted by molar-refractivity contribution is -0.699. The summed E-state index contributed by atoms with van der Waals surface area (Å²) in [6, 6.07) is 13.7. The van der Waals surface area contributed by atoms with E-state index in [-0.39, 0.29) is 17.0 Å². The predicted molar refractivity (Wildman–Crippen MR) is 114 cm³/mol. The van der Waals surface area contributed by atoms with Gasteiger partial charge in [-0.2, -0.15) is 4.57 Å². The summed E-state index contributed by atoms with van der Waals surface area (Å²) in [6.07, 6.45) is 17.0. The summed E-state index contributed by atoms with van der Waals surface area (Å²) in [6.45, 7) is 1.06.